The summed E-state index contributed by atoms with van der Waals surface area (Å²) in [5.41, 5.74) is 0. The van der Waals surface area contributed by atoms with Crippen LogP contribution in [0, 0.1) is 0 Å². The molecule has 0 aromatic rings. The van der Waals surface area contributed by atoms with Gasteiger partial charge in [-0.25, -0.2) is 0 Å². The number of nitrogens with one attached hydrogen (secondary N) is 1. The molecule has 0 radical (unpaired) electrons. The predicted octanol–water partition coefficient (Wildman–Crippen LogP) is 3.20. The van der Waals surface area contributed by atoms with Crippen molar-refractivity contribution in [2.75, 3.05) is 20.2 Å². The summed E-state index contributed by atoms with van der Waals surface area (Å²) in [5, 5.41) is 11.7. The van der Waals surface area contributed by atoms with Crippen molar-refractivity contribution in [1.82, 2.24) is 5.32 Å². The smallest absolute Gasteiger partial charge is 0.0431 e. The zero-order valence-corrected chi connectivity index (χ0v) is 10.3. The lowest BCUT2D eigenvalue weighted by Crippen LogP contribution is -2.06. The number of hydrogen-bond acceptors (Lipinski definition) is 2. The summed E-state index contributed by atoms with van der Waals surface area (Å²) in [7, 11) is 2.00. The number of hydrogen-bond donors (Lipinski definition) is 2. The first-order valence-corrected chi connectivity index (χ1v) is 6.17. The quantitative estimate of drug-likeness (QED) is 0.567. The standard InChI is InChI=1S/C10H23NO.C2H6.H2/c1-11-9-7-5-3-2-4-6-8-10-12;1-2;/h11-12H,2-10H2,1H3;1-2H3;1H. The molecule has 0 unspecified atom stereocenters. The van der Waals surface area contributed by atoms with E-state index in [9.17, 15) is 0 Å². The van der Waals surface area contributed by atoms with Crippen LogP contribution in [0.5, 0.6) is 0 Å². The van der Waals surface area contributed by atoms with Gasteiger partial charge < -0.3 is 10.4 Å². The molecule has 0 aromatic carbocycles. The first-order valence-electron chi connectivity index (χ1n) is 6.17. The Bertz CT molecular complexity index is 72.0. The second kappa shape index (κ2) is 18.7. The molecule has 0 aromatic heterocycles. The maximum Gasteiger partial charge on any atom is 0.0431 e. The molecule has 0 aliphatic rings. The van der Waals surface area contributed by atoms with Gasteiger partial charge in [0.15, 0.2) is 0 Å². The summed E-state index contributed by atoms with van der Waals surface area (Å²) < 4.78 is 0. The molecule has 0 atom stereocenters. The number of aliphatic hydroxyl groups excluding tert-OH is 1. The monoisotopic (exact) mass is 205 g/mol. The largest absolute Gasteiger partial charge is 0.396 e. The van der Waals surface area contributed by atoms with E-state index in [1.54, 1.807) is 0 Å². The Hall–Kier alpha value is -0.0800. The maximum atomic E-state index is 8.53. The van der Waals surface area contributed by atoms with Gasteiger partial charge >= 0.3 is 0 Å². The third kappa shape index (κ3) is 17.9. The van der Waals surface area contributed by atoms with Crippen LogP contribution in [0.2, 0.25) is 0 Å². The van der Waals surface area contributed by atoms with Gasteiger partial charge in [-0.2, -0.15) is 0 Å². The zero-order valence-electron chi connectivity index (χ0n) is 10.3. The molecule has 2 nitrogen and oxygen atoms in total. The number of unbranched alkanes of at least 4 members (excludes halogenated alkanes) is 6. The summed E-state index contributed by atoms with van der Waals surface area (Å²) in [5.74, 6) is 0. The molecule has 0 rings (SSSR count). The van der Waals surface area contributed by atoms with Gasteiger partial charge in [0.05, 0.1) is 0 Å². The molecule has 0 amide bonds. The SMILES string of the molecule is CC.CNCCCCCCCCCO.[HH]. The maximum absolute atomic E-state index is 8.53. The molecular weight excluding hydrogens is 174 g/mol. The van der Waals surface area contributed by atoms with Crippen molar-refractivity contribution in [3.8, 4) is 0 Å². The van der Waals surface area contributed by atoms with Crippen molar-refractivity contribution < 1.29 is 6.53 Å². The molecule has 0 saturated heterocycles. The fraction of sp³-hybridized carbons (Fsp3) is 1.00. The lowest BCUT2D eigenvalue weighted by atomic mass is 10.1. The Labute approximate surface area is 91.6 Å². The third-order valence-electron chi connectivity index (χ3n) is 2.08. The van der Waals surface area contributed by atoms with Crippen molar-refractivity contribution in [3.05, 3.63) is 0 Å². The van der Waals surface area contributed by atoms with Gasteiger partial charge in [0.25, 0.3) is 0 Å². The van der Waals surface area contributed by atoms with E-state index in [1.807, 2.05) is 20.9 Å². The summed E-state index contributed by atoms with van der Waals surface area (Å²) in [6.45, 7) is 5.51. The van der Waals surface area contributed by atoms with Crippen molar-refractivity contribution in [2.45, 2.75) is 58.8 Å². The second-order valence-electron chi connectivity index (χ2n) is 3.30. The van der Waals surface area contributed by atoms with Gasteiger partial charge in [-0.05, 0) is 26.4 Å². The topological polar surface area (TPSA) is 32.3 Å². The van der Waals surface area contributed by atoms with Crippen LogP contribution >= 0.6 is 0 Å². The molecule has 2 heteroatoms. The summed E-state index contributed by atoms with van der Waals surface area (Å²) >= 11 is 0. The van der Waals surface area contributed by atoms with E-state index < -0.39 is 0 Å². The van der Waals surface area contributed by atoms with Crippen LogP contribution in [0.3, 0.4) is 0 Å². The van der Waals surface area contributed by atoms with Crippen LogP contribution in [0.1, 0.15) is 60.2 Å². The number of rotatable bonds is 9. The van der Waals surface area contributed by atoms with E-state index in [-0.39, 0.29) is 1.43 Å². The lowest BCUT2D eigenvalue weighted by Gasteiger charge is -2.00. The van der Waals surface area contributed by atoms with Gasteiger partial charge in [0, 0.05) is 8.03 Å². The normalized spacial score (nSPS) is 9.43. The van der Waals surface area contributed by atoms with Crippen molar-refractivity contribution in [1.29, 1.82) is 0 Å². The minimum absolute atomic E-state index is 0. The minimum atomic E-state index is 0. The van der Waals surface area contributed by atoms with E-state index in [0.717, 1.165) is 13.0 Å². The highest BCUT2D eigenvalue weighted by Gasteiger charge is 1.90. The highest BCUT2D eigenvalue weighted by Crippen LogP contribution is 2.06. The predicted molar refractivity (Wildman–Crippen MR) is 66.8 cm³/mol. The number of aliphatic hydroxyl groups is 1. The van der Waals surface area contributed by atoms with Crippen molar-refractivity contribution in [3.63, 3.8) is 0 Å². The van der Waals surface area contributed by atoms with Gasteiger partial charge in [-0.1, -0.05) is 46.0 Å². The Kier molecular flexibility index (Phi) is 21.8. The Morgan fingerprint density at radius 1 is 0.857 bits per heavy atom. The molecule has 0 heterocycles. The van der Waals surface area contributed by atoms with Crippen molar-refractivity contribution in [2.24, 2.45) is 0 Å². The molecule has 0 fully saturated rings. The van der Waals surface area contributed by atoms with E-state index in [4.69, 9.17) is 5.11 Å². The molecule has 14 heavy (non-hydrogen) atoms. The summed E-state index contributed by atoms with van der Waals surface area (Å²) in [4.78, 5) is 0. The molecule has 2 N–H and O–H groups in total. The average molecular weight is 205 g/mol. The van der Waals surface area contributed by atoms with Crippen LogP contribution < -0.4 is 5.32 Å². The van der Waals surface area contributed by atoms with Crippen LogP contribution in [0.25, 0.3) is 0 Å². The van der Waals surface area contributed by atoms with E-state index in [0.29, 0.717) is 6.61 Å². The molecule has 0 saturated carbocycles. The Morgan fingerprint density at radius 3 is 1.71 bits per heavy atom. The van der Waals surface area contributed by atoms with E-state index in [1.165, 1.54) is 38.5 Å². The van der Waals surface area contributed by atoms with Crippen molar-refractivity contribution >= 4 is 0 Å². The lowest BCUT2D eigenvalue weighted by molar-refractivity contribution is 0.282. The highest BCUT2D eigenvalue weighted by molar-refractivity contribution is 4.46. The molecule has 0 aliphatic heterocycles. The molecule has 0 spiro atoms. The van der Waals surface area contributed by atoms with E-state index >= 15 is 0 Å². The second-order valence-corrected chi connectivity index (χ2v) is 3.30. The van der Waals surface area contributed by atoms with Gasteiger partial charge in [-0.15, -0.1) is 0 Å². The fourth-order valence-corrected chi connectivity index (χ4v) is 1.30. The van der Waals surface area contributed by atoms with Crippen LogP contribution in [0.15, 0.2) is 0 Å². The summed E-state index contributed by atoms with van der Waals surface area (Å²) in [6, 6.07) is 0. The van der Waals surface area contributed by atoms with Crippen LogP contribution in [-0.4, -0.2) is 25.3 Å². The van der Waals surface area contributed by atoms with Crippen LogP contribution in [-0.2, 0) is 0 Å². The Balaban J connectivity index is -0.000000449. The van der Waals surface area contributed by atoms with E-state index in [2.05, 4.69) is 5.32 Å². The highest BCUT2D eigenvalue weighted by atomic mass is 16.2. The summed E-state index contributed by atoms with van der Waals surface area (Å²) in [6.07, 6.45) is 8.81. The minimum Gasteiger partial charge on any atom is -0.396 e. The average Bonchev–Trinajstić information content (AvgIpc) is 2.25. The molecule has 0 aliphatic carbocycles. The van der Waals surface area contributed by atoms with Gasteiger partial charge in [0.1, 0.15) is 0 Å². The van der Waals surface area contributed by atoms with Crippen LogP contribution in [0.4, 0.5) is 0 Å². The van der Waals surface area contributed by atoms with Gasteiger partial charge in [-0.3, -0.25) is 0 Å². The Morgan fingerprint density at radius 2 is 1.29 bits per heavy atom. The molecular formula is C12H31NO. The first kappa shape index (κ1) is 16.4. The molecule has 90 valence electrons. The molecule has 0 bridgehead atoms. The fourth-order valence-electron chi connectivity index (χ4n) is 1.30. The third-order valence-corrected chi connectivity index (χ3v) is 2.08. The first-order chi connectivity index (χ1) is 6.91. The zero-order chi connectivity index (χ0) is 11.1. The van der Waals surface area contributed by atoms with Gasteiger partial charge in [0.2, 0.25) is 0 Å².